The van der Waals surface area contributed by atoms with Crippen LogP contribution >= 0.6 is 11.3 Å². The third kappa shape index (κ3) is 2.58. The SMILES string of the molecule is Cc1ccc2sc(C(=O)N3CCC4(CCCOC4)C3)c(C)c2c1. The van der Waals surface area contributed by atoms with Gasteiger partial charge in [-0.1, -0.05) is 17.7 Å². The van der Waals surface area contributed by atoms with Gasteiger partial charge in [-0.3, -0.25) is 4.79 Å². The van der Waals surface area contributed by atoms with Crippen molar-refractivity contribution >= 4 is 27.3 Å². The van der Waals surface area contributed by atoms with Crippen LogP contribution in [0.3, 0.4) is 0 Å². The van der Waals surface area contributed by atoms with Crippen molar-refractivity contribution in [1.82, 2.24) is 4.90 Å². The molecule has 2 aromatic rings. The summed E-state index contributed by atoms with van der Waals surface area (Å²) >= 11 is 1.64. The highest BCUT2D eigenvalue weighted by atomic mass is 32.1. The molecular formula is C19H23NO2S. The molecular weight excluding hydrogens is 306 g/mol. The first kappa shape index (κ1) is 15.2. The molecule has 3 heterocycles. The average molecular weight is 329 g/mol. The van der Waals surface area contributed by atoms with E-state index < -0.39 is 0 Å². The van der Waals surface area contributed by atoms with Crippen LogP contribution in [0, 0.1) is 19.3 Å². The Hall–Kier alpha value is -1.39. The zero-order valence-corrected chi connectivity index (χ0v) is 14.7. The fourth-order valence-electron chi connectivity index (χ4n) is 4.02. The molecule has 4 heteroatoms. The van der Waals surface area contributed by atoms with Crippen LogP contribution in [0.25, 0.3) is 10.1 Å². The van der Waals surface area contributed by atoms with Crippen molar-refractivity contribution in [2.75, 3.05) is 26.3 Å². The highest BCUT2D eigenvalue weighted by molar-refractivity contribution is 7.21. The number of fused-ring (bicyclic) bond motifs is 1. The Balaban J connectivity index is 1.61. The summed E-state index contributed by atoms with van der Waals surface area (Å²) in [5, 5.41) is 1.23. The number of rotatable bonds is 1. The van der Waals surface area contributed by atoms with Gasteiger partial charge in [0, 0.05) is 29.8 Å². The average Bonchev–Trinajstić information content (AvgIpc) is 3.10. The van der Waals surface area contributed by atoms with Gasteiger partial charge in [0.25, 0.3) is 5.91 Å². The van der Waals surface area contributed by atoms with Crippen molar-refractivity contribution in [3.8, 4) is 0 Å². The van der Waals surface area contributed by atoms with Crippen LogP contribution in [0.1, 0.15) is 40.1 Å². The standard InChI is InChI=1S/C19H23NO2S/c1-13-4-5-16-15(10-13)14(2)17(23-16)18(21)20-8-7-19(11-20)6-3-9-22-12-19/h4-5,10H,3,6-9,11-12H2,1-2H3. The van der Waals surface area contributed by atoms with E-state index >= 15 is 0 Å². The molecule has 0 aliphatic carbocycles. The summed E-state index contributed by atoms with van der Waals surface area (Å²) in [5.41, 5.74) is 2.60. The lowest BCUT2D eigenvalue weighted by Gasteiger charge is -2.32. The van der Waals surface area contributed by atoms with Gasteiger partial charge >= 0.3 is 0 Å². The molecule has 23 heavy (non-hydrogen) atoms. The molecule has 2 aliphatic rings. The maximum Gasteiger partial charge on any atom is 0.264 e. The molecule has 2 fully saturated rings. The maximum absolute atomic E-state index is 13.0. The zero-order valence-electron chi connectivity index (χ0n) is 13.9. The van der Waals surface area contributed by atoms with Gasteiger partial charge in [0.05, 0.1) is 11.5 Å². The van der Waals surface area contributed by atoms with Crippen LogP contribution in [0.15, 0.2) is 18.2 Å². The van der Waals surface area contributed by atoms with Gasteiger partial charge in [-0.15, -0.1) is 11.3 Å². The minimum Gasteiger partial charge on any atom is -0.381 e. The number of carbonyl (C=O) groups excluding carboxylic acids is 1. The van der Waals surface area contributed by atoms with E-state index in [-0.39, 0.29) is 11.3 Å². The summed E-state index contributed by atoms with van der Waals surface area (Å²) in [7, 11) is 0. The molecule has 0 bridgehead atoms. The Kier molecular flexibility index (Phi) is 3.69. The van der Waals surface area contributed by atoms with Crippen LogP contribution in [-0.2, 0) is 4.74 Å². The van der Waals surface area contributed by atoms with Crippen LogP contribution in [-0.4, -0.2) is 37.1 Å². The fraction of sp³-hybridized carbons (Fsp3) is 0.526. The van der Waals surface area contributed by atoms with Gasteiger partial charge in [-0.05, 0) is 50.1 Å². The third-order valence-corrected chi connectivity index (χ3v) is 6.68. The molecule has 1 spiro atoms. The number of amides is 1. The second kappa shape index (κ2) is 5.60. The van der Waals surface area contributed by atoms with Gasteiger partial charge in [-0.25, -0.2) is 0 Å². The Labute approximate surface area is 141 Å². The monoisotopic (exact) mass is 329 g/mol. The molecule has 122 valence electrons. The molecule has 1 amide bonds. The summed E-state index contributed by atoms with van der Waals surface area (Å²) < 4.78 is 6.90. The first-order chi connectivity index (χ1) is 11.1. The van der Waals surface area contributed by atoms with E-state index in [2.05, 4.69) is 36.9 Å². The van der Waals surface area contributed by atoms with E-state index in [1.165, 1.54) is 22.1 Å². The van der Waals surface area contributed by atoms with Gasteiger partial charge in [0.1, 0.15) is 0 Å². The normalized spacial score (nSPS) is 24.7. The second-order valence-electron chi connectivity index (χ2n) is 7.19. The quantitative estimate of drug-likeness (QED) is 0.786. The van der Waals surface area contributed by atoms with Crippen molar-refractivity contribution in [2.45, 2.75) is 33.1 Å². The zero-order chi connectivity index (χ0) is 16.0. The Morgan fingerprint density at radius 2 is 2.17 bits per heavy atom. The van der Waals surface area contributed by atoms with Crippen molar-refractivity contribution < 1.29 is 9.53 Å². The predicted molar refractivity (Wildman–Crippen MR) is 94.3 cm³/mol. The van der Waals surface area contributed by atoms with E-state index in [1.54, 1.807) is 11.3 Å². The summed E-state index contributed by atoms with van der Waals surface area (Å²) in [6, 6.07) is 6.45. The van der Waals surface area contributed by atoms with Crippen molar-refractivity contribution in [2.24, 2.45) is 5.41 Å². The summed E-state index contributed by atoms with van der Waals surface area (Å²) in [4.78, 5) is 16.0. The smallest absolute Gasteiger partial charge is 0.264 e. The number of aryl methyl sites for hydroxylation is 2. The van der Waals surface area contributed by atoms with Crippen molar-refractivity contribution in [3.63, 3.8) is 0 Å². The van der Waals surface area contributed by atoms with E-state index in [0.29, 0.717) is 0 Å². The lowest BCUT2D eigenvalue weighted by atomic mass is 9.82. The van der Waals surface area contributed by atoms with E-state index in [1.807, 2.05) is 0 Å². The molecule has 0 radical (unpaired) electrons. The first-order valence-electron chi connectivity index (χ1n) is 8.45. The Bertz CT molecular complexity index is 758. The number of nitrogens with zero attached hydrogens (tertiary/aromatic N) is 1. The lowest BCUT2D eigenvalue weighted by Crippen LogP contribution is -2.37. The number of ether oxygens (including phenoxy) is 1. The Morgan fingerprint density at radius 1 is 1.30 bits per heavy atom. The minimum absolute atomic E-state index is 0.212. The topological polar surface area (TPSA) is 29.5 Å². The molecule has 2 saturated heterocycles. The number of hydrogen-bond donors (Lipinski definition) is 0. The highest BCUT2D eigenvalue weighted by Crippen LogP contribution is 2.40. The molecule has 1 aromatic heterocycles. The largest absolute Gasteiger partial charge is 0.381 e. The molecule has 0 N–H and O–H groups in total. The predicted octanol–water partition coefficient (Wildman–Crippen LogP) is 4.16. The first-order valence-corrected chi connectivity index (χ1v) is 9.26. The number of hydrogen-bond acceptors (Lipinski definition) is 3. The number of carbonyl (C=O) groups is 1. The molecule has 1 unspecified atom stereocenters. The third-order valence-electron chi connectivity index (χ3n) is 5.42. The minimum atomic E-state index is 0.212. The van der Waals surface area contributed by atoms with Gasteiger partial charge in [0.15, 0.2) is 0 Å². The number of likely N-dealkylation sites (tertiary alicyclic amines) is 1. The summed E-state index contributed by atoms with van der Waals surface area (Å²) in [5.74, 6) is 0.212. The van der Waals surface area contributed by atoms with E-state index in [4.69, 9.17) is 4.74 Å². The van der Waals surface area contributed by atoms with Crippen molar-refractivity contribution in [1.29, 1.82) is 0 Å². The molecule has 2 aliphatic heterocycles. The van der Waals surface area contributed by atoms with Crippen LogP contribution in [0.4, 0.5) is 0 Å². The van der Waals surface area contributed by atoms with Gasteiger partial charge < -0.3 is 9.64 Å². The van der Waals surface area contributed by atoms with Crippen LogP contribution in [0.2, 0.25) is 0 Å². The molecule has 0 saturated carbocycles. The summed E-state index contributed by atoms with van der Waals surface area (Å²) in [6.07, 6.45) is 3.41. The second-order valence-corrected chi connectivity index (χ2v) is 8.24. The summed E-state index contributed by atoms with van der Waals surface area (Å²) in [6.45, 7) is 7.62. The van der Waals surface area contributed by atoms with Crippen LogP contribution < -0.4 is 0 Å². The van der Waals surface area contributed by atoms with E-state index in [9.17, 15) is 4.79 Å². The van der Waals surface area contributed by atoms with Crippen molar-refractivity contribution in [3.05, 3.63) is 34.2 Å². The number of benzene rings is 1. The van der Waals surface area contributed by atoms with Crippen LogP contribution in [0.5, 0.6) is 0 Å². The fourth-order valence-corrected chi connectivity index (χ4v) is 5.18. The molecule has 3 nitrogen and oxygen atoms in total. The highest BCUT2D eigenvalue weighted by Gasteiger charge is 2.41. The molecule has 1 atom stereocenters. The van der Waals surface area contributed by atoms with Gasteiger partial charge in [0.2, 0.25) is 0 Å². The molecule has 1 aromatic carbocycles. The van der Waals surface area contributed by atoms with E-state index in [0.717, 1.165) is 49.6 Å². The van der Waals surface area contributed by atoms with Gasteiger partial charge in [-0.2, -0.15) is 0 Å². The lowest BCUT2D eigenvalue weighted by molar-refractivity contribution is -0.00157. The number of thiophene rings is 1. The Morgan fingerprint density at radius 3 is 2.96 bits per heavy atom. The maximum atomic E-state index is 13.0. The molecule has 4 rings (SSSR count).